The predicted octanol–water partition coefficient (Wildman–Crippen LogP) is 2.33. The van der Waals surface area contributed by atoms with Crippen molar-refractivity contribution in [2.45, 2.75) is 32.9 Å². The van der Waals surface area contributed by atoms with Crippen molar-refractivity contribution in [3.8, 4) is 0 Å². The molecule has 148 valence electrons. The number of hydrogen-bond donors (Lipinski definition) is 1. The first-order valence-electron chi connectivity index (χ1n) is 9.25. The first-order valence-corrected chi connectivity index (χ1v) is 9.25. The molecular weight excluding hydrogens is 356 g/mol. The van der Waals surface area contributed by atoms with Gasteiger partial charge in [-0.2, -0.15) is 0 Å². The lowest BCUT2D eigenvalue weighted by atomic mass is 10.1. The summed E-state index contributed by atoms with van der Waals surface area (Å²) in [6.45, 7) is 3.65. The second kappa shape index (κ2) is 10.9. The Kier molecular flexibility index (Phi) is 8.21. The van der Waals surface area contributed by atoms with Crippen molar-refractivity contribution in [3.63, 3.8) is 0 Å². The number of hydrogen-bond acceptors (Lipinski definition) is 4. The first-order chi connectivity index (χ1) is 13.5. The van der Waals surface area contributed by atoms with E-state index in [0.717, 1.165) is 11.1 Å². The molecule has 28 heavy (non-hydrogen) atoms. The van der Waals surface area contributed by atoms with Crippen molar-refractivity contribution < 1.29 is 19.1 Å². The van der Waals surface area contributed by atoms with Crippen molar-refractivity contribution in [1.29, 1.82) is 0 Å². The minimum Gasteiger partial charge on any atom is -0.454 e. The van der Waals surface area contributed by atoms with E-state index in [1.807, 2.05) is 74.5 Å². The summed E-state index contributed by atoms with van der Waals surface area (Å²) in [5.41, 5.74) is 1.86. The average molecular weight is 382 g/mol. The van der Waals surface area contributed by atoms with Crippen molar-refractivity contribution in [1.82, 2.24) is 10.2 Å². The highest BCUT2D eigenvalue weighted by molar-refractivity contribution is 5.85. The maximum absolute atomic E-state index is 12.4. The monoisotopic (exact) mass is 382 g/mol. The fourth-order valence-corrected chi connectivity index (χ4v) is 2.63. The van der Waals surface area contributed by atoms with Crippen LogP contribution in [0.4, 0.5) is 0 Å². The summed E-state index contributed by atoms with van der Waals surface area (Å²) >= 11 is 0. The van der Waals surface area contributed by atoms with Crippen LogP contribution in [0, 0.1) is 0 Å². The lowest BCUT2D eigenvalue weighted by Crippen LogP contribution is -2.40. The van der Waals surface area contributed by atoms with Crippen LogP contribution in [0.2, 0.25) is 0 Å². The van der Waals surface area contributed by atoms with Gasteiger partial charge in [-0.3, -0.25) is 14.4 Å². The van der Waals surface area contributed by atoms with Crippen LogP contribution >= 0.6 is 0 Å². The van der Waals surface area contributed by atoms with E-state index >= 15 is 0 Å². The number of carbonyl (C=O) groups is 3. The van der Waals surface area contributed by atoms with Gasteiger partial charge >= 0.3 is 5.97 Å². The molecule has 1 N–H and O–H groups in total. The first kappa shape index (κ1) is 21.2. The highest BCUT2D eigenvalue weighted by Gasteiger charge is 2.19. The van der Waals surface area contributed by atoms with Crippen LogP contribution in [-0.4, -0.2) is 41.9 Å². The standard InChI is InChI=1S/C22H26N2O4/c1-17(2)24(15-19-11-7-4-8-12-19)21(26)16-28-22(27)14-23-20(25)13-18-9-5-3-6-10-18/h3-12,17H,13-16H2,1-2H3,(H,23,25). The number of amides is 2. The topological polar surface area (TPSA) is 75.7 Å². The fourth-order valence-electron chi connectivity index (χ4n) is 2.63. The molecule has 2 rings (SSSR count). The van der Waals surface area contributed by atoms with Gasteiger partial charge in [-0.1, -0.05) is 60.7 Å². The molecule has 0 aliphatic carbocycles. The normalized spacial score (nSPS) is 10.4. The van der Waals surface area contributed by atoms with E-state index in [2.05, 4.69) is 5.32 Å². The van der Waals surface area contributed by atoms with Gasteiger partial charge < -0.3 is 15.0 Å². The number of carbonyl (C=O) groups excluding carboxylic acids is 3. The number of nitrogens with one attached hydrogen (secondary N) is 1. The van der Waals surface area contributed by atoms with Gasteiger partial charge in [-0.25, -0.2) is 0 Å². The maximum Gasteiger partial charge on any atom is 0.325 e. The Morgan fingerprint density at radius 3 is 2.07 bits per heavy atom. The molecule has 0 unspecified atom stereocenters. The van der Waals surface area contributed by atoms with Crippen LogP contribution in [0.15, 0.2) is 60.7 Å². The number of nitrogens with zero attached hydrogens (tertiary/aromatic N) is 1. The van der Waals surface area contributed by atoms with Crippen LogP contribution < -0.4 is 5.32 Å². The van der Waals surface area contributed by atoms with Gasteiger partial charge in [-0.05, 0) is 25.0 Å². The lowest BCUT2D eigenvalue weighted by Gasteiger charge is -2.26. The molecule has 0 saturated heterocycles. The molecule has 2 aromatic rings. The molecule has 0 bridgehead atoms. The third kappa shape index (κ3) is 7.23. The molecule has 0 atom stereocenters. The quantitative estimate of drug-likeness (QED) is 0.676. The zero-order valence-corrected chi connectivity index (χ0v) is 16.3. The largest absolute Gasteiger partial charge is 0.454 e. The number of ether oxygens (including phenoxy) is 1. The smallest absolute Gasteiger partial charge is 0.325 e. The molecule has 0 spiro atoms. The van der Waals surface area contributed by atoms with Gasteiger partial charge in [0.1, 0.15) is 6.54 Å². The number of esters is 1. The fraction of sp³-hybridized carbons (Fsp3) is 0.318. The second-order valence-corrected chi connectivity index (χ2v) is 6.70. The Hall–Kier alpha value is -3.15. The molecule has 2 aromatic carbocycles. The predicted molar refractivity (Wildman–Crippen MR) is 106 cm³/mol. The number of benzene rings is 2. The molecule has 2 amide bonds. The Balaban J connectivity index is 1.75. The molecular formula is C22H26N2O4. The SMILES string of the molecule is CC(C)N(Cc1ccccc1)C(=O)COC(=O)CNC(=O)Cc1ccccc1. The summed E-state index contributed by atoms with van der Waals surface area (Å²) in [7, 11) is 0. The molecule has 0 radical (unpaired) electrons. The molecule has 6 nitrogen and oxygen atoms in total. The summed E-state index contributed by atoms with van der Waals surface area (Å²) in [5.74, 6) is -1.19. The Labute approximate surface area is 165 Å². The lowest BCUT2D eigenvalue weighted by molar-refractivity contribution is -0.152. The molecule has 0 saturated carbocycles. The average Bonchev–Trinajstić information content (AvgIpc) is 2.70. The third-order valence-electron chi connectivity index (χ3n) is 4.13. The van der Waals surface area contributed by atoms with Crippen LogP contribution in [-0.2, 0) is 32.1 Å². The van der Waals surface area contributed by atoms with Gasteiger partial charge in [0.2, 0.25) is 5.91 Å². The zero-order chi connectivity index (χ0) is 20.4. The maximum atomic E-state index is 12.4. The van der Waals surface area contributed by atoms with E-state index < -0.39 is 5.97 Å². The van der Waals surface area contributed by atoms with E-state index in [0.29, 0.717) is 6.54 Å². The van der Waals surface area contributed by atoms with Crippen molar-refractivity contribution >= 4 is 17.8 Å². The minimum absolute atomic E-state index is 0.0306. The van der Waals surface area contributed by atoms with Crippen LogP contribution in [0.1, 0.15) is 25.0 Å². The van der Waals surface area contributed by atoms with E-state index in [-0.39, 0.29) is 37.4 Å². The second-order valence-electron chi connectivity index (χ2n) is 6.70. The van der Waals surface area contributed by atoms with Crippen molar-refractivity contribution in [2.75, 3.05) is 13.2 Å². The van der Waals surface area contributed by atoms with Crippen molar-refractivity contribution in [2.24, 2.45) is 0 Å². The minimum atomic E-state index is -0.641. The molecule has 0 aromatic heterocycles. The Morgan fingerprint density at radius 2 is 1.50 bits per heavy atom. The van der Waals surface area contributed by atoms with E-state index in [1.165, 1.54) is 0 Å². The zero-order valence-electron chi connectivity index (χ0n) is 16.3. The van der Waals surface area contributed by atoms with Gasteiger partial charge in [0.05, 0.1) is 6.42 Å². The molecule has 0 aliphatic rings. The highest BCUT2D eigenvalue weighted by Crippen LogP contribution is 2.09. The number of rotatable bonds is 9. The van der Waals surface area contributed by atoms with Gasteiger partial charge in [0, 0.05) is 12.6 Å². The molecule has 0 fully saturated rings. The van der Waals surface area contributed by atoms with Crippen LogP contribution in [0.5, 0.6) is 0 Å². The third-order valence-corrected chi connectivity index (χ3v) is 4.13. The van der Waals surface area contributed by atoms with Crippen LogP contribution in [0.25, 0.3) is 0 Å². The summed E-state index contributed by atoms with van der Waals surface area (Å²) in [6, 6.07) is 18.8. The van der Waals surface area contributed by atoms with E-state index in [1.54, 1.807) is 4.90 Å². The summed E-state index contributed by atoms with van der Waals surface area (Å²) in [4.78, 5) is 37.8. The summed E-state index contributed by atoms with van der Waals surface area (Å²) in [5, 5.41) is 2.51. The molecule has 0 heterocycles. The van der Waals surface area contributed by atoms with Gasteiger partial charge in [-0.15, -0.1) is 0 Å². The van der Waals surface area contributed by atoms with Gasteiger partial charge in [0.15, 0.2) is 6.61 Å². The Morgan fingerprint density at radius 1 is 0.929 bits per heavy atom. The molecule has 6 heteroatoms. The van der Waals surface area contributed by atoms with E-state index in [4.69, 9.17) is 4.74 Å². The summed E-state index contributed by atoms with van der Waals surface area (Å²) < 4.78 is 5.03. The van der Waals surface area contributed by atoms with Gasteiger partial charge in [0.25, 0.3) is 5.91 Å². The molecule has 0 aliphatic heterocycles. The van der Waals surface area contributed by atoms with Crippen molar-refractivity contribution in [3.05, 3.63) is 71.8 Å². The Bertz CT molecular complexity index is 776. The summed E-state index contributed by atoms with van der Waals surface area (Å²) in [6.07, 6.45) is 0.186. The highest BCUT2D eigenvalue weighted by atomic mass is 16.5. The van der Waals surface area contributed by atoms with Crippen LogP contribution in [0.3, 0.4) is 0 Å². The van der Waals surface area contributed by atoms with E-state index in [9.17, 15) is 14.4 Å².